The number of esters is 1. The first-order valence-corrected chi connectivity index (χ1v) is 20.3. The Labute approximate surface area is 349 Å². The van der Waals surface area contributed by atoms with E-state index in [1.54, 1.807) is 32.0 Å². The van der Waals surface area contributed by atoms with E-state index in [0.717, 1.165) is 11.1 Å². The van der Waals surface area contributed by atoms with Crippen LogP contribution in [0.5, 0.6) is 0 Å². The highest BCUT2D eigenvalue weighted by Crippen LogP contribution is 2.46. The maximum absolute atomic E-state index is 15.3. The fourth-order valence-corrected chi connectivity index (χ4v) is 8.43. The zero-order valence-electron chi connectivity index (χ0n) is 33.9. The quantitative estimate of drug-likeness (QED) is 0.0515. The van der Waals surface area contributed by atoms with Crippen LogP contribution in [0.25, 0.3) is 22.3 Å². The summed E-state index contributed by atoms with van der Waals surface area (Å²) in [6, 6.07) is 10.4. The Morgan fingerprint density at radius 2 is 1.79 bits per heavy atom. The van der Waals surface area contributed by atoms with E-state index in [0.29, 0.717) is 51.8 Å². The van der Waals surface area contributed by atoms with Crippen molar-refractivity contribution in [3.8, 4) is 11.4 Å². The van der Waals surface area contributed by atoms with Gasteiger partial charge in [-0.25, -0.2) is 14.2 Å². The third kappa shape index (κ3) is 8.58. The van der Waals surface area contributed by atoms with E-state index >= 15 is 4.39 Å². The number of Topliss-reactive ketones (excluding diaryl/α,β-unsaturated/α-hetero) is 2. The smallest absolute Gasteiger partial charge is 0.343 e. The van der Waals surface area contributed by atoms with Gasteiger partial charge in [0.1, 0.15) is 31.5 Å². The molecule has 16 nitrogen and oxygen atoms in total. The number of carbonyl (C=O) groups is 6. The van der Waals surface area contributed by atoms with Gasteiger partial charge in [-0.15, -0.1) is 0 Å². The van der Waals surface area contributed by atoms with E-state index in [1.165, 1.54) is 10.6 Å². The van der Waals surface area contributed by atoms with E-state index < -0.39 is 59.4 Å². The van der Waals surface area contributed by atoms with Gasteiger partial charge >= 0.3 is 5.97 Å². The predicted molar refractivity (Wildman–Crippen MR) is 217 cm³/mol. The van der Waals surface area contributed by atoms with Gasteiger partial charge in [-0.3, -0.25) is 28.8 Å². The fraction of sp³-hybridized carbons (Fsp3) is 0.409. The molecule has 0 fully saturated rings. The molecule has 61 heavy (non-hydrogen) atoms. The van der Waals surface area contributed by atoms with Crippen LogP contribution in [0.3, 0.4) is 0 Å². The van der Waals surface area contributed by atoms with Gasteiger partial charge in [0.05, 0.1) is 47.6 Å². The van der Waals surface area contributed by atoms with E-state index in [9.17, 15) is 38.7 Å². The van der Waals surface area contributed by atoms with Gasteiger partial charge < -0.3 is 40.8 Å². The van der Waals surface area contributed by atoms with Crippen molar-refractivity contribution in [3.05, 3.63) is 97.6 Å². The van der Waals surface area contributed by atoms with Gasteiger partial charge in [-0.05, 0) is 60.9 Å². The number of ketones is 2. The molecule has 17 heteroatoms. The first-order chi connectivity index (χ1) is 29.2. The molecular formula is C44H47FN6O10. The molecule has 0 radical (unpaired) electrons. The summed E-state index contributed by atoms with van der Waals surface area (Å²) in [7, 11) is 0. The normalized spacial score (nSPS) is 17.7. The lowest BCUT2D eigenvalue weighted by Crippen LogP contribution is -2.44. The molecule has 3 aliphatic rings. The molecular weight excluding hydrogens is 792 g/mol. The number of cyclic esters (lactones) is 1. The summed E-state index contributed by atoms with van der Waals surface area (Å²) in [5.41, 5.74) is 7.55. The average molecular weight is 839 g/mol. The molecule has 1 aliphatic carbocycles. The number of halogens is 1. The van der Waals surface area contributed by atoms with Gasteiger partial charge in [0.2, 0.25) is 17.7 Å². The SMILES string of the molecule is CC[C@@]1(O)C(=O)OCc2c1cc1n(c2=O)Cc2c-1nc1cc(F)c(C)c3c1c2[C@@H](NC(=O)COCNC(=O)CCC(=O)[C@H](Cc1ccccc1)NC(=O)CCC(=O)CN)CC3. The zero-order valence-corrected chi connectivity index (χ0v) is 33.9. The first-order valence-electron chi connectivity index (χ1n) is 20.3. The van der Waals surface area contributed by atoms with Gasteiger partial charge in [0.25, 0.3) is 5.56 Å². The van der Waals surface area contributed by atoms with Gasteiger partial charge in [-0.2, -0.15) is 0 Å². The molecule has 2 aromatic carbocycles. The predicted octanol–water partition coefficient (Wildman–Crippen LogP) is 2.11. The maximum Gasteiger partial charge on any atom is 0.343 e. The minimum absolute atomic E-state index is 0.0308. The molecule has 320 valence electrons. The Balaban J connectivity index is 1.00. The summed E-state index contributed by atoms with van der Waals surface area (Å²) >= 11 is 0. The topological polar surface area (TPSA) is 238 Å². The summed E-state index contributed by atoms with van der Waals surface area (Å²) in [6.45, 7) is 2.13. The Hall–Kier alpha value is -6.17. The second-order valence-corrected chi connectivity index (χ2v) is 15.6. The number of nitrogens with zero attached hydrogens (tertiary/aromatic N) is 2. The molecule has 0 bridgehead atoms. The van der Waals surface area contributed by atoms with Crippen LogP contribution in [0.4, 0.5) is 4.39 Å². The number of hydrogen-bond acceptors (Lipinski definition) is 12. The van der Waals surface area contributed by atoms with Crippen LogP contribution in [0.15, 0.2) is 47.3 Å². The van der Waals surface area contributed by atoms with Crippen LogP contribution in [0.1, 0.15) is 90.4 Å². The number of ether oxygens (including phenoxy) is 2. The van der Waals surface area contributed by atoms with E-state index in [2.05, 4.69) is 16.0 Å². The number of carbonyl (C=O) groups excluding carboxylic acids is 6. The number of rotatable bonds is 17. The molecule has 3 amide bonds. The highest BCUT2D eigenvalue weighted by atomic mass is 19.1. The minimum atomic E-state index is -2.03. The molecule has 4 heterocycles. The fourth-order valence-electron chi connectivity index (χ4n) is 8.43. The molecule has 0 saturated heterocycles. The number of nitrogens with two attached hydrogens (primary N) is 1. The second-order valence-electron chi connectivity index (χ2n) is 15.6. The van der Waals surface area contributed by atoms with Crippen molar-refractivity contribution in [2.24, 2.45) is 5.73 Å². The highest BCUT2D eigenvalue weighted by Gasteiger charge is 2.46. The number of pyridine rings is 2. The Bertz CT molecular complexity index is 2520. The standard InChI is InChI=1S/C44H47FN6O10/c1-3-44(59)29-16-34-41-27(19-51(34)42(57)28(29)20-61-43(44)58)40-31(11-10-26-23(2)30(45)17-33(50-41)39(26)40)48-38(56)21-60-22-47-36(54)14-12-35(53)32(15-24-7-5-4-6-8-24)49-37(55)13-9-25(52)18-46/h4-8,16-17,31-32,59H,3,9-15,18-22,46H2,1-2H3,(H,47,54)(H,48,56)(H,49,55)/t31-,32-,44-/m0/s1. The maximum atomic E-state index is 15.3. The van der Waals surface area contributed by atoms with E-state index in [-0.39, 0.29) is 87.6 Å². The summed E-state index contributed by atoms with van der Waals surface area (Å²) < 4.78 is 27.5. The molecule has 2 aliphatic heterocycles. The van der Waals surface area contributed by atoms with Crippen LogP contribution < -0.4 is 27.2 Å². The molecule has 0 unspecified atom stereocenters. The number of fused-ring (bicyclic) bond motifs is 5. The first kappa shape index (κ1) is 42.9. The van der Waals surface area contributed by atoms with Crippen molar-refractivity contribution in [1.82, 2.24) is 25.5 Å². The Kier molecular flexibility index (Phi) is 12.5. The molecule has 6 N–H and O–H groups in total. The molecule has 2 aromatic heterocycles. The third-order valence-electron chi connectivity index (χ3n) is 11.8. The number of aryl methyl sites for hydroxylation is 1. The second kappa shape index (κ2) is 17.8. The Morgan fingerprint density at radius 3 is 2.52 bits per heavy atom. The van der Waals surface area contributed by atoms with Gasteiger partial charge in [-0.1, -0.05) is 37.3 Å². The average Bonchev–Trinajstić information content (AvgIpc) is 3.63. The van der Waals surface area contributed by atoms with Crippen LogP contribution in [-0.2, 0) is 69.8 Å². The lowest BCUT2D eigenvalue weighted by Gasteiger charge is -2.31. The largest absolute Gasteiger partial charge is 0.458 e. The van der Waals surface area contributed by atoms with Crippen LogP contribution in [0, 0.1) is 12.7 Å². The van der Waals surface area contributed by atoms with E-state index in [4.69, 9.17) is 20.2 Å². The molecule has 0 saturated carbocycles. The summed E-state index contributed by atoms with van der Waals surface area (Å²) in [5, 5.41) is 20.2. The van der Waals surface area contributed by atoms with Crippen LogP contribution in [0.2, 0.25) is 0 Å². The molecule has 4 aromatic rings. The summed E-state index contributed by atoms with van der Waals surface area (Å²) in [4.78, 5) is 94.8. The number of benzene rings is 2. The van der Waals surface area contributed by atoms with Crippen molar-refractivity contribution >= 4 is 46.2 Å². The van der Waals surface area contributed by atoms with E-state index in [1.807, 2.05) is 18.2 Å². The number of nitrogens with one attached hydrogen (secondary N) is 3. The lowest BCUT2D eigenvalue weighted by atomic mass is 9.81. The van der Waals surface area contributed by atoms with Crippen molar-refractivity contribution in [2.45, 2.75) is 96.1 Å². The van der Waals surface area contributed by atoms with Crippen LogP contribution in [-0.4, -0.2) is 75.8 Å². The number of hydrogen-bond donors (Lipinski definition) is 5. The van der Waals surface area contributed by atoms with Crippen LogP contribution >= 0.6 is 0 Å². The van der Waals surface area contributed by atoms with Crippen molar-refractivity contribution in [3.63, 3.8) is 0 Å². The molecule has 0 spiro atoms. The molecule has 3 atom stereocenters. The Morgan fingerprint density at radius 1 is 1.03 bits per heavy atom. The summed E-state index contributed by atoms with van der Waals surface area (Å²) in [5.74, 6) is -3.45. The number of aromatic nitrogens is 2. The minimum Gasteiger partial charge on any atom is -0.458 e. The number of amides is 3. The van der Waals surface area contributed by atoms with Gasteiger partial charge in [0.15, 0.2) is 11.4 Å². The molecule has 7 rings (SSSR count). The lowest BCUT2D eigenvalue weighted by molar-refractivity contribution is -0.172. The highest BCUT2D eigenvalue weighted by molar-refractivity contribution is 5.95. The summed E-state index contributed by atoms with van der Waals surface area (Å²) in [6.07, 6.45) is 0.433. The van der Waals surface area contributed by atoms with Crippen molar-refractivity contribution in [1.29, 1.82) is 0 Å². The third-order valence-corrected chi connectivity index (χ3v) is 11.8. The van der Waals surface area contributed by atoms with Crippen molar-refractivity contribution in [2.75, 3.05) is 19.9 Å². The van der Waals surface area contributed by atoms with Gasteiger partial charge in [0, 0.05) is 48.3 Å². The number of aliphatic hydroxyl groups is 1. The zero-order chi connectivity index (χ0) is 43.6. The monoisotopic (exact) mass is 838 g/mol. The van der Waals surface area contributed by atoms with Crippen molar-refractivity contribution < 1.29 is 47.7 Å².